The first-order chi connectivity index (χ1) is 9.30. The summed E-state index contributed by atoms with van der Waals surface area (Å²) < 4.78 is 22.0. The lowest BCUT2D eigenvalue weighted by Crippen LogP contribution is -2.43. The lowest BCUT2D eigenvalue weighted by molar-refractivity contribution is -0.140. The number of carbonyl (C=O) groups is 2. The summed E-state index contributed by atoms with van der Waals surface area (Å²) in [5.41, 5.74) is 0. The number of hydrogen-bond donors (Lipinski definition) is 8. The molecule has 0 heterocycles. The van der Waals surface area contributed by atoms with Crippen molar-refractivity contribution in [1.29, 1.82) is 0 Å². The van der Waals surface area contributed by atoms with E-state index >= 15 is 0 Å². The second kappa shape index (κ2) is 7.80. The Morgan fingerprint density at radius 1 is 1.14 bits per heavy atom. The van der Waals surface area contributed by atoms with Crippen LogP contribution in [0.1, 0.15) is 0 Å². The Bertz CT molecular complexity index is 514. The first-order valence-electron chi connectivity index (χ1n) is 4.96. The van der Waals surface area contributed by atoms with Gasteiger partial charge in [0.15, 0.2) is 5.06 Å². The molecule has 0 spiro atoms. The van der Waals surface area contributed by atoms with Crippen molar-refractivity contribution >= 4 is 52.3 Å². The zero-order valence-corrected chi connectivity index (χ0v) is 13.7. The van der Waals surface area contributed by atoms with Crippen LogP contribution in [-0.2, 0) is 18.7 Å². The Balaban J connectivity index is 5.63. The molecule has 0 aliphatic carbocycles. The molecule has 0 fully saturated rings. The lowest BCUT2D eigenvalue weighted by atomic mass is 10.3. The highest BCUT2D eigenvalue weighted by atomic mass is 32.1. The molecule has 0 aliphatic rings. The van der Waals surface area contributed by atoms with Gasteiger partial charge in [0.1, 0.15) is 6.04 Å². The van der Waals surface area contributed by atoms with Crippen LogP contribution in [0.3, 0.4) is 0 Å². The Morgan fingerprint density at radius 3 is 1.86 bits per heavy atom. The van der Waals surface area contributed by atoms with Crippen molar-refractivity contribution < 1.29 is 43.4 Å². The topological polar surface area (TPSA) is 181 Å². The highest BCUT2D eigenvalue weighted by molar-refractivity contribution is 7.85. The first kappa shape index (κ1) is 20.7. The van der Waals surface area contributed by atoms with Gasteiger partial charge in [-0.25, -0.2) is 4.79 Å². The van der Waals surface area contributed by atoms with E-state index in [9.17, 15) is 18.7 Å². The summed E-state index contributed by atoms with van der Waals surface area (Å²) in [6, 6.07) is -2.05. The minimum atomic E-state index is -5.42. The number of amides is 1. The zero-order chi connectivity index (χ0) is 17.0. The van der Waals surface area contributed by atoms with Gasteiger partial charge < -0.3 is 30.0 Å². The second-order valence-corrected chi connectivity index (χ2v) is 8.12. The van der Waals surface area contributed by atoms with E-state index in [0.717, 1.165) is 0 Å². The van der Waals surface area contributed by atoms with Gasteiger partial charge in [0, 0.05) is 5.75 Å². The zero-order valence-electron chi connectivity index (χ0n) is 10.1. The van der Waals surface area contributed by atoms with Crippen molar-refractivity contribution in [3.8, 4) is 0 Å². The molecular weight excluding hydrogens is 368 g/mol. The SMILES string of the molecule is O=C(NC(C=C(P(=O)(O)O)P(=O)(O)O)C(=O)O)C(S)CS. The van der Waals surface area contributed by atoms with Crippen molar-refractivity contribution in [1.82, 2.24) is 5.32 Å². The van der Waals surface area contributed by atoms with Crippen LogP contribution in [0.4, 0.5) is 0 Å². The molecule has 0 aromatic carbocycles. The largest absolute Gasteiger partial charge is 0.479 e. The molecule has 0 saturated heterocycles. The van der Waals surface area contributed by atoms with Gasteiger partial charge >= 0.3 is 21.2 Å². The van der Waals surface area contributed by atoms with E-state index in [0.29, 0.717) is 0 Å². The summed E-state index contributed by atoms with van der Waals surface area (Å²) in [5, 5.41) is 7.96. The quantitative estimate of drug-likeness (QED) is 0.202. The number of carbonyl (C=O) groups excluding carboxylic acids is 1. The predicted octanol–water partition coefficient (Wildman–Crippen LogP) is -1.02. The van der Waals surface area contributed by atoms with Crippen LogP contribution >= 0.6 is 40.4 Å². The van der Waals surface area contributed by atoms with Gasteiger partial charge in [-0.2, -0.15) is 25.3 Å². The number of aliphatic carboxylic acids is 1. The lowest BCUT2D eigenvalue weighted by Gasteiger charge is -2.16. The average molecular weight is 381 g/mol. The fourth-order valence-electron chi connectivity index (χ4n) is 1.02. The summed E-state index contributed by atoms with van der Waals surface area (Å²) in [5.74, 6) is -2.77. The summed E-state index contributed by atoms with van der Waals surface area (Å²) >= 11 is 7.51. The van der Waals surface area contributed by atoms with Gasteiger partial charge in [-0.3, -0.25) is 13.9 Å². The van der Waals surface area contributed by atoms with E-state index in [1.165, 1.54) is 0 Å². The maximum atomic E-state index is 11.5. The Hall–Kier alpha value is -0.320. The minimum Gasteiger partial charge on any atom is -0.479 e. The van der Waals surface area contributed by atoms with Crippen LogP contribution in [0.5, 0.6) is 0 Å². The molecule has 1 amide bonds. The maximum Gasteiger partial charge on any atom is 0.364 e. The van der Waals surface area contributed by atoms with Crippen LogP contribution < -0.4 is 5.32 Å². The van der Waals surface area contributed by atoms with Crippen LogP contribution in [-0.4, -0.2) is 53.6 Å². The molecule has 0 aliphatic heterocycles. The van der Waals surface area contributed by atoms with Crippen LogP contribution in [0.15, 0.2) is 11.1 Å². The predicted molar refractivity (Wildman–Crippen MR) is 78.4 cm³/mol. The summed E-state index contributed by atoms with van der Waals surface area (Å²) in [6.45, 7) is 0. The molecule has 6 N–H and O–H groups in total. The van der Waals surface area contributed by atoms with Crippen molar-refractivity contribution in [2.24, 2.45) is 0 Å². The maximum absolute atomic E-state index is 11.5. The minimum absolute atomic E-state index is 0.0607. The molecule has 21 heavy (non-hydrogen) atoms. The van der Waals surface area contributed by atoms with E-state index in [1.807, 2.05) is 5.32 Å². The van der Waals surface area contributed by atoms with Crippen LogP contribution in [0, 0.1) is 0 Å². The molecule has 10 nitrogen and oxygen atoms in total. The van der Waals surface area contributed by atoms with Crippen molar-refractivity contribution in [3.63, 3.8) is 0 Å². The van der Waals surface area contributed by atoms with Gasteiger partial charge in [0.25, 0.3) is 0 Å². The van der Waals surface area contributed by atoms with Crippen molar-refractivity contribution in [2.45, 2.75) is 11.3 Å². The van der Waals surface area contributed by atoms with Crippen LogP contribution in [0.25, 0.3) is 0 Å². The molecule has 122 valence electrons. The molecule has 2 atom stereocenters. The Labute approximate surface area is 129 Å². The van der Waals surface area contributed by atoms with E-state index < -0.39 is 43.4 Å². The highest BCUT2D eigenvalue weighted by Gasteiger charge is 2.38. The summed E-state index contributed by atoms with van der Waals surface area (Å²) in [6.07, 6.45) is 0.112. The van der Waals surface area contributed by atoms with Crippen LogP contribution in [0.2, 0.25) is 0 Å². The first-order valence-corrected chi connectivity index (χ1v) is 9.34. The molecule has 0 aromatic rings. The van der Waals surface area contributed by atoms with Crippen molar-refractivity contribution in [2.75, 3.05) is 5.75 Å². The van der Waals surface area contributed by atoms with Gasteiger partial charge in [0.2, 0.25) is 5.91 Å². The molecule has 0 rings (SSSR count). The number of thiol groups is 2. The molecule has 2 unspecified atom stereocenters. The highest BCUT2D eigenvalue weighted by Crippen LogP contribution is 2.63. The van der Waals surface area contributed by atoms with E-state index in [2.05, 4.69) is 25.3 Å². The summed E-state index contributed by atoms with van der Waals surface area (Å²) in [7, 11) is -10.8. The number of rotatable bonds is 7. The number of carboxylic acid groups (broad SMARTS) is 1. The van der Waals surface area contributed by atoms with E-state index in [4.69, 9.17) is 24.7 Å². The van der Waals surface area contributed by atoms with Gasteiger partial charge in [-0.05, 0) is 6.08 Å². The molecule has 0 aromatic heterocycles. The summed E-state index contributed by atoms with van der Waals surface area (Å²) in [4.78, 5) is 57.8. The molecule has 0 bridgehead atoms. The third-order valence-electron chi connectivity index (χ3n) is 1.95. The second-order valence-electron chi connectivity index (χ2n) is 3.64. The number of carboxylic acids is 1. The molecule has 14 heteroatoms. The third-order valence-corrected chi connectivity index (χ3v) is 6.08. The fourth-order valence-corrected chi connectivity index (χ4v) is 3.30. The normalized spacial score (nSPS) is 15.0. The van der Waals surface area contributed by atoms with Gasteiger partial charge in [0.05, 0.1) is 5.25 Å². The van der Waals surface area contributed by atoms with Gasteiger partial charge in [-0.1, -0.05) is 0 Å². The third kappa shape index (κ3) is 6.98. The monoisotopic (exact) mass is 381 g/mol. The number of hydrogen-bond acceptors (Lipinski definition) is 6. The van der Waals surface area contributed by atoms with E-state index in [1.54, 1.807) is 0 Å². The average Bonchev–Trinajstić information content (AvgIpc) is 2.29. The molecular formula is C7H13NO9P2S2. The number of nitrogens with one attached hydrogen (secondary N) is 1. The molecule has 0 radical (unpaired) electrons. The van der Waals surface area contributed by atoms with E-state index in [-0.39, 0.29) is 11.8 Å². The Kier molecular flexibility index (Phi) is 7.68. The van der Waals surface area contributed by atoms with Crippen molar-refractivity contribution in [3.05, 3.63) is 11.1 Å². The Morgan fingerprint density at radius 2 is 1.57 bits per heavy atom. The molecule has 0 saturated carbocycles. The fraction of sp³-hybridized carbons (Fsp3) is 0.429. The standard InChI is InChI=1S/C7H13NO9P2S2/c9-6(4(21)2-20)8-3(7(10)11)1-5(18(12,13)14)19(15,16)17/h1,3-4,20-21H,2H2,(H,8,9)(H,10,11)(H2,12,13,14)(H2,15,16,17). The smallest absolute Gasteiger partial charge is 0.364 e. The van der Waals surface area contributed by atoms with Gasteiger partial charge in [-0.15, -0.1) is 0 Å².